The molecule has 0 spiro atoms. The van der Waals surface area contributed by atoms with Crippen LogP contribution in [0, 0.1) is 5.92 Å². The first-order chi connectivity index (χ1) is 40.9. The first kappa shape index (κ1) is 62.6. The number of amides is 8. The lowest BCUT2D eigenvalue weighted by Gasteiger charge is -2.29. The highest BCUT2D eigenvalue weighted by Crippen LogP contribution is 2.26. The molecule has 8 rings (SSSR count). The summed E-state index contributed by atoms with van der Waals surface area (Å²) >= 11 is 0. The molecule has 0 aliphatic carbocycles. The summed E-state index contributed by atoms with van der Waals surface area (Å²) in [5, 5.41) is 34.5. The Hall–Kier alpha value is -8.44. The van der Waals surface area contributed by atoms with Crippen LogP contribution in [-0.2, 0) is 64.0 Å². The number of aromatic nitrogens is 1. The maximum Gasteiger partial charge on any atom is 0.244 e. The highest BCUT2D eigenvalue weighted by atomic mass is 33.1. The molecule has 8 amide bonds. The average molecular weight is 1190 g/mol. The molecule has 1 fully saturated rings. The van der Waals surface area contributed by atoms with Crippen molar-refractivity contribution in [2.24, 2.45) is 23.1 Å². The van der Waals surface area contributed by atoms with E-state index in [2.05, 4.69) is 42.2 Å². The van der Waals surface area contributed by atoms with Gasteiger partial charge < -0.3 is 64.5 Å². The number of benzene rings is 6. The van der Waals surface area contributed by atoms with E-state index < -0.39 is 102 Å². The number of aromatic amines is 1. The Morgan fingerprint density at radius 3 is 1.84 bits per heavy atom. The predicted octanol–water partition coefficient (Wildman–Crippen LogP) is 3.84. The third-order valence-corrected chi connectivity index (χ3v) is 17.3. The number of phenolic OH excluding ortho intramolecular Hbond substituents is 1. The number of rotatable bonds is 18. The number of fused-ring (bicyclic) bond motifs is 3. The summed E-state index contributed by atoms with van der Waals surface area (Å²) in [4.78, 5) is 119. The average Bonchev–Trinajstić information content (AvgIpc) is 4.02. The number of nitrogens with one attached hydrogen (secondary N) is 8. The van der Waals surface area contributed by atoms with E-state index in [0.717, 1.165) is 59.6 Å². The second-order valence-electron chi connectivity index (χ2n) is 21.7. The molecule has 1 aromatic heterocycles. The van der Waals surface area contributed by atoms with Crippen LogP contribution < -0.4 is 54.4 Å². The van der Waals surface area contributed by atoms with Crippen LogP contribution in [0.3, 0.4) is 0 Å². The highest BCUT2D eigenvalue weighted by molar-refractivity contribution is 8.76. The van der Waals surface area contributed by atoms with Crippen LogP contribution in [-0.4, -0.2) is 124 Å². The quantitative estimate of drug-likeness (QED) is 0.0430. The van der Waals surface area contributed by atoms with Crippen molar-refractivity contribution in [3.63, 3.8) is 0 Å². The zero-order valence-corrected chi connectivity index (χ0v) is 48.9. The Morgan fingerprint density at radius 1 is 0.624 bits per heavy atom. The fourth-order valence-corrected chi connectivity index (χ4v) is 12.4. The van der Waals surface area contributed by atoms with Gasteiger partial charge in [-0.1, -0.05) is 151 Å². The fourth-order valence-electron chi connectivity index (χ4n) is 10.1. The van der Waals surface area contributed by atoms with Gasteiger partial charge in [0, 0.05) is 47.9 Å². The van der Waals surface area contributed by atoms with Gasteiger partial charge in [0.05, 0.1) is 6.04 Å². The van der Waals surface area contributed by atoms with Crippen LogP contribution in [0.15, 0.2) is 140 Å². The van der Waals surface area contributed by atoms with E-state index in [0.29, 0.717) is 29.5 Å². The van der Waals surface area contributed by atoms with Crippen LogP contribution in [0.25, 0.3) is 32.4 Å². The zero-order valence-electron chi connectivity index (χ0n) is 47.3. The van der Waals surface area contributed by atoms with Gasteiger partial charge in [-0.15, -0.1) is 0 Å². The first-order valence-electron chi connectivity index (χ1n) is 28.3. The standard InChI is InChI=1S/C63H73N11O9S2/c1-36(2)55-63(83)73-54(61(81)69-50(56(66)76)31-39-19-23-41-12-4-6-14-43(41)28-39)35-85-84-34-53(72-57(77)47(65)29-38-18-22-40-11-3-5-13-42(40)27-38)62(82)70-51(30-37-20-24-45(75)25-21-37)59(79)71-52(32-44-33-67-48-16-8-7-15-46(44)48)60(80)68-49(58(78)74-55)17-9-10-26-64/h3-8,11-16,18-25,27-28,33,36,47,49-55,67,75H,9-10,17,26,29-32,34-35,64-65H2,1-2H3,(H2,66,76)(H,68,80)(H,69,81)(H,70,82)(H,71,79)(H,72,77)(H,73,83)(H,74,78)/t47-,49+,50-,51+,52-,53-,54+,55+/m1/s1. The summed E-state index contributed by atoms with van der Waals surface area (Å²) in [6.07, 6.45) is 2.56. The Balaban J connectivity index is 1.14. The Labute approximate surface area is 500 Å². The van der Waals surface area contributed by atoms with Gasteiger partial charge in [0.15, 0.2) is 0 Å². The minimum absolute atomic E-state index is 0.0182. The van der Waals surface area contributed by atoms with E-state index in [1.165, 1.54) is 12.1 Å². The molecule has 2 heterocycles. The number of unbranched alkanes of at least 4 members (excludes halogenated alkanes) is 1. The topological polar surface area (TPSA) is 335 Å². The molecule has 22 heteroatoms. The summed E-state index contributed by atoms with van der Waals surface area (Å²) < 4.78 is 0. The highest BCUT2D eigenvalue weighted by Gasteiger charge is 2.36. The zero-order chi connectivity index (χ0) is 60.6. The van der Waals surface area contributed by atoms with E-state index in [9.17, 15) is 43.5 Å². The van der Waals surface area contributed by atoms with Crippen molar-refractivity contribution in [1.29, 1.82) is 0 Å². The number of hydrogen-bond donors (Lipinski definition) is 12. The largest absolute Gasteiger partial charge is 0.508 e. The molecule has 1 saturated heterocycles. The van der Waals surface area contributed by atoms with Gasteiger partial charge in [-0.3, -0.25) is 38.4 Å². The maximum absolute atomic E-state index is 15.0. The number of aromatic hydroxyl groups is 1. The molecule has 0 saturated carbocycles. The minimum atomic E-state index is -1.41. The third-order valence-electron chi connectivity index (χ3n) is 14.9. The van der Waals surface area contributed by atoms with Crippen molar-refractivity contribution >= 4 is 101 Å². The van der Waals surface area contributed by atoms with E-state index in [4.69, 9.17) is 17.2 Å². The Morgan fingerprint density at radius 2 is 1.19 bits per heavy atom. The van der Waals surface area contributed by atoms with Crippen LogP contribution in [0.2, 0.25) is 0 Å². The normalized spacial score (nSPS) is 20.3. The van der Waals surface area contributed by atoms with Gasteiger partial charge in [0.2, 0.25) is 47.3 Å². The molecule has 0 radical (unpaired) electrons. The molecule has 7 aromatic rings. The lowest BCUT2D eigenvalue weighted by Crippen LogP contribution is -2.61. The summed E-state index contributed by atoms with van der Waals surface area (Å²) in [7, 11) is 2.14. The maximum atomic E-state index is 15.0. The number of para-hydroxylation sites is 1. The Bertz CT molecular complexity index is 3530. The van der Waals surface area contributed by atoms with Gasteiger partial charge in [-0.2, -0.15) is 0 Å². The van der Waals surface area contributed by atoms with Gasteiger partial charge in [0.1, 0.15) is 48.0 Å². The smallest absolute Gasteiger partial charge is 0.244 e. The van der Waals surface area contributed by atoms with Gasteiger partial charge in [-0.25, -0.2) is 0 Å². The van der Waals surface area contributed by atoms with Crippen molar-refractivity contribution in [3.8, 4) is 5.75 Å². The van der Waals surface area contributed by atoms with E-state index >= 15 is 0 Å². The Kier molecular flexibility index (Phi) is 22.0. The van der Waals surface area contributed by atoms with Crippen LogP contribution in [0.5, 0.6) is 5.75 Å². The van der Waals surface area contributed by atoms with Crippen LogP contribution in [0.4, 0.5) is 0 Å². The number of hydrogen-bond acceptors (Lipinski definition) is 13. The molecular formula is C63H73N11O9S2. The van der Waals surface area contributed by atoms with Gasteiger partial charge >= 0.3 is 0 Å². The number of primary amides is 1. The number of nitrogens with two attached hydrogens (primary N) is 3. The predicted molar refractivity (Wildman–Crippen MR) is 332 cm³/mol. The lowest BCUT2D eigenvalue weighted by atomic mass is 9.99. The van der Waals surface area contributed by atoms with Crippen LogP contribution >= 0.6 is 21.6 Å². The first-order valence-corrected chi connectivity index (χ1v) is 30.8. The van der Waals surface area contributed by atoms with Crippen molar-refractivity contribution in [3.05, 3.63) is 162 Å². The van der Waals surface area contributed by atoms with E-state index in [1.807, 2.05) is 109 Å². The number of phenols is 1. The van der Waals surface area contributed by atoms with Crippen LogP contribution in [0.1, 0.15) is 55.4 Å². The summed E-state index contributed by atoms with van der Waals surface area (Å²) in [5.41, 5.74) is 21.8. The molecule has 85 heavy (non-hydrogen) atoms. The minimum Gasteiger partial charge on any atom is -0.508 e. The molecule has 15 N–H and O–H groups in total. The molecule has 0 bridgehead atoms. The van der Waals surface area contributed by atoms with Crippen molar-refractivity contribution in [2.45, 2.75) is 107 Å². The molecular weight excluding hydrogens is 1120 g/mol. The summed E-state index contributed by atoms with van der Waals surface area (Å²) in [5.74, 6) is -7.08. The molecule has 6 aromatic carbocycles. The fraction of sp³-hybridized carbons (Fsp3) is 0.333. The molecule has 446 valence electrons. The number of carbonyl (C=O) groups is 8. The third kappa shape index (κ3) is 17.3. The van der Waals surface area contributed by atoms with Gasteiger partial charge in [0.25, 0.3) is 0 Å². The second-order valence-corrected chi connectivity index (χ2v) is 24.2. The molecule has 20 nitrogen and oxygen atoms in total. The summed E-state index contributed by atoms with van der Waals surface area (Å²) in [6.45, 7) is 3.69. The van der Waals surface area contributed by atoms with Crippen molar-refractivity contribution in [1.82, 2.24) is 42.2 Å². The van der Waals surface area contributed by atoms with E-state index in [1.54, 1.807) is 32.2 Å². The molecule has 1 aliphatic heterocycles. The lowest BCUT2D eigenvalue weighted by molar-refractivity contribution is -0.136. The second kappa shape index (κ2) is 29.9. The van der Waals surface area contributed by atoms with Gasteiger partial charge in [-0.05, 0) is 100 Å². The molecule has 1 aliphatic rings. The number of H-pyrrole nitrogens is 1. The van der Waals surface area contributed by atoms with E-state index in [-0.39, 0.29) is 55.9 Å². The SMILES string of the molecule is CC(C)[C@@H]1NC(=O)[C@H](CCCCN)NC(=O)[C@@H](Cc2c[nH]c3ccccc23)NC(=O)[C@H](Cc2ccc(O)cc2)NC(=O)[C@H](NC(=O)[C@H](N)Cc2ccc3ccccc3c2)CSSC[C@@H](C(=O)N[C@H](Cc2ccc3ccccc3c2)C(N)=O)NC1=O. The summed E-state index contributed by atoms with van der Waals surface area (Å²) in [6, 6.07) is 29.7. The molecule has 0 unspecified atom stereocenters. The van der Waals surface area contributed by atoms with Crippen molar-refractivity contribution in [2.75, 3.05) is 18.1 Å². The molecule has 8 atom stereocenters. The monoisotopic (exact) mass is 1190 g/mol. The number of carbonyl (C=O) groups excluding carboxylic acids is 8. The van der Waals surface area contributed by atoms with Crippen molar-refractivity contribution < 1.29 is 43.5 Å².